The topological polar surface area (TPSA) is 59.9 Å². The predicted octanol–water partition coefficient (Wildman–Crippen LogP) is 5.85. The number of para-hydroxylation sites is 1. The Bertz CT molecular complexity index is 1080. The van der Waals surface area contributed by atoms with E-state index in [-0.39, 0.29) is 17.9 Å². The normalized spacial score (nSPS) is 11.4. The number of hydrazone groups is 1. The van der Waals surface area contributed by atoms with Gasteiger partial charge in [-0.15, -0.1) is 0 Å². The highest BCUT2D eigenvalue weighted by Gasteiger charge is 2.15. The lowest BCUT2D eigenvalue weighted by Gasteiger charge is -2.20. The second-order valence-corrected chi connectivity index (χ2v) is 9.14. The van der Waals surface area contributed by atoms with Crippen molar-refractivity contribution < 1.29 is 14.3 Å². The molecule has 0 fully saturated rings. The molecule has 0 radical (unpaired) electrons. The number of carbonyl (C=O) groups excluding carboxylic acids is 1. The first-order chi connectivity index (χ1) is 15.3. The van der Waals surface area contributed by atoms with E-state index >= 15 is 0 Å². The van der Waals surface area contributed by atoms with Crippen molar-refractivity contribution in [3.8, 4) is 11.5 Å². The van der Waals surface area contributed by atoms with Gasteiger partial charge in [0.2, 0.25) is 0 Å². The third-order valence-corrected chi connectivity index (χ3v) is 5.33. The Labute approximate surface area is 197 Å². The van der Waals surface area contributed by atoms with E-state index in [0.717, 1.165) is 15.6 Å². The molecule has 32 heavy (non-hydrogen) atoms. The van der Waals surface area contributed by atoms with E-state index in [1.54, 1.807) is 6.21 Å². The number of hydrogen-bond acceptors (Lipinski definition) is 4. The molecule has 1 amide bonds. The SMILES string of the molecule is CC(C)(C)c1ccc(OCC(=O)NN=Cc2ccccc2OCc2ccccc2)c(Br)c1. The van der Waals surface area contributed by atoms with Gasteiger partial charge in [0.1, 0.15) is 18.1 Å². The molecule has 166 valence electrons. The molecule has 3 aromatic carbocycles. The largest absolute Gasteiger partial charge is 0.488 e. The van der Waals surface area contributed by atoms with Crippen LogP contribution in [0, 0.1) is 0 Å². The summed E-state index contributed by atoms with van der Waals surface area (Å²) in [5, 5.41) is 4.04. The Kier molecular flexibility index (Phi) is 8.06. The van der Waals surface area contributed by atoms with Crippen LogP contribution in [0.15, 0.2) is 82.4 Å². The molecule has 0 saturated carbocycles. The maximum absolute atomic E-state index is 12.1. The van der Waals surface area contributed by atoms with Gasteiger partial charge >= 0.3 is 0 Å². The summed E-state index contributed by atoms with van der Waals surface area (Å²) in [6.07, 6.45) is 1.56. The van der Waals surface area contributed by atoms with Crippen molar-refractivity contribution in [3.05, 3.63) is 94.0 Å². The van der Waals surface area contributed by atoms with Gasteiger partial charge in [-0.1, -0.05) is 69.3 Å². The summed E-state index contributed by atoms with van der Waals surface area (Å²) in [7, 11) is 0. The number of ether oxygens (including phenoxy) is 2. The molecule has 0 heterocycles. The third-order valence-electron chi connectivity index (χ3n) is 4.71. The molecule has 6 heteroatoms. The smallest absolute Gasteiger partial charge is 0.277 e. The van der Waals surface area contributed by atoms with Crippen LogP contribution in [0.25, 0.3) is 0 Å². The summed E-state index contributed by atoms with van der Waals surface area (Å²) in [5.74, 6) is 0.945. The van der Waals surface area contributed by atoms with Crippen LogP contribution in [-0.2, 0) is 16.8 Å². The number of halogens is 1. The van der Waals surface area contributed by atoms with Crippen LogP contribution in [0.1, 0.15) is 37.5 Å². The van der Waals surface area contributed by atoms with Gasteiger partial charge in [-0.3, -0.25) is 4.79 Å². The molecular formula is C26H27BrN2O3. The number of nitrogens with one attached hydrogen (secondary N) is 1. The lowest BCUT2D eigenvalue weighted by Crippen LogP contribution is -2.24. The molecular weight excluding hydrogens is 468 g/mol. The van der Waals surface area contributed by atoms with E-state index in [1.807, 2.05) is 72.8 Å². The average molecular weight is 495 g/mol. The van der Waals surface area contributed by atoms with Crippen molar-refractivity contribution >= 4 is 28.1 Å². The lowest BCUT2D eigenvalue weighted by molar-refractivity contribution is -0.123. The molecule has 0 unspecified atom stereocenters. The highest BCUT2D eigenvalue weighted by molar-refractivity contribution is 9.10. The van der Waals surface area contributed by atoms with E-state index in [1.165, 1.54) is 5.56 Å². The number of amides is 1. The van der Waals surface area contributed by atoms with Gasteiger partial charge in [0.15, 0.2) is 6.61 Å². The molecule has 0 bridgehead atoms. The molecule has 3 aromatic rings. The van der Waals surface area contributed by atoms with Crippen molar-refractivity contribution in [2.24, 2.45) is 5.10 Å². The number of hydrogen-bond donors (Lipinski definition) is 1. The van der Waals surface area contributed by atoms with Crippen LogP contribution in [-0.4, -0.2) is 18.7 Å². The van der Waals surface area contributed by atoms with Crippen molar-refractivity contribution in [3.63, 3.8) is 0 Å². The number of rotatable bonds is 8. The third kappa shape index (κ3) is 6.95. The van der Waals surface area contributed by atoms with Crippen molar-refractivity contribution in [1.29, 1.82) is 0 Å². The maximum Gasteiger partial charge on any atom is 0.277 e. The summed E-state index contributed by atoms with van der Waals surface area (Å²) >= 11 is 3.51. The Morgan fingerprint density at radius 1 is 0.969 bits per heavy atom. The summed E-state index contributed by atoms with van der Waals surface area (Å²) in [6, 6.07) is 23.3. The number of benzene rings is 3. The second-order valence-electron chi connectivity index (χ2n) is 8.29. The fourth-order valence-electron chi connectivity index (χ4n) is 2.89. The molecule has 1 N–H and O–H groups in total. The van der Waals surface area contributed by atoms with E-state index in [2.05, 4.69) is 47.2 Å². The Hall–Kier alpha value is -3.12. The molecule has 0 aliphatic carbocycles. The first-order valence-electron chi connectivity index (χ1n) is 10.3. The quantitative estimate of drug-likeness (QED) is 0.315. The van der Waals surface area contributed by atoms with Gasteiger partial charge in [0.25, 0.3) is 5.91 Å². The number of carbonyl (C=O) groups is 1. The van der Waals surface area contributed by atoms with Crippen LogP contribution in [0.4, 0.5) is 0 Å². The summed E-state index contributed by atoms with van der Waals surface area (Å²) in [5.41, 5.74) is 5.55. The van der Waals surface area contributed by atoms with E-state index in [9.17, 15) is 4.79 Å². The van der Waals surface area contributed by atoms with Crippen LogP contribution >= 0.6 is 15.9 Å². The fourth-order valence-corrected chi connectivity index (χ4v) is 3.38. The lowest BCUT2D eigenvalue weighted by atomic mass is 9.87. The zero-order valence-corrected chi connectivity index (χ0v) is 20.1. The standard InChI is InChI=1S/C26H27BrN2O3/c1-26(2,3)21-13-14-24(22(27)15-21)32-18-25(30)29-28-16-20-11-7-8-12-23(20)31-17-19-9-5-4-6-10-19/h4-16H,17-18H2,1-3H3,(H,29,30). The fraction of sp³-hybridized carbons (Fsp3) is 0.231. The predicted molar refractivity (Wildman–Crippen MR) is 131 cm³/mol. The highest BCUT2D eigenvalue weighted by Crippen LogP contribution is 2.31. The van der Waals surface area contributed by atoms with Gasteiger partial charge in [0.05, 0.1) is 10.7 Å². The molecule has 0 aliphatic rings. The number of nitrogens with zero attached hydrogens (tertiary/aromatic N) is 1. The summed E-state index contributed by atoms with van der Waals surface area (Å²) in [4.78, 5) is 12.1. The van der Waals surface area contributed by atoms with E-state index < -0.39 is 0 Å². The van der Waals surface area contributed by atoms with Gasteiger partial charge < -0.3 is 9.47 Å². The zero-order chi connectivity index (χ0) is 23.0. The maximum atomic E-state index is 12.1. The second kappa shape index (κ2) is 11.0. The minimum atomic E-state index is -0.351. The average Bonchev–Trinajstić information content (AvgIpc) is 2.77. The monoisotopic (exact) mass is 494 g/mol. The summed E-state index contributed by atoms with van der Waals surface area (Å²) < 4.78 is 12.3. The molecule has 0 aliphatic heterocycles. The van der Waals surface area contributed by atoms with Gasteiger partial charge in [-0.05, 0) is 56.7 Å². The zero-order valence-electron chi connectivity index (χ0n) is 18.5. The van der Waals surface area contributed by atoms with Crippen molar-refractivity contribution in [1.82, 2.24) is 5.43 Å². The van der Waals surface area contributed by atoms with Gasteiger partial charge in [-0.25, -0.2) is 5.43 Å². The summed E-state index contributed by atoms with van der Waals surface area (Å²) in [6.45, 7) is 6.74. The van der Waals surface area contributed by atoms with Crippen molar-refractivity contribution in [2.75, 3.05) is 6.61 Å². The first kappa shape index (κ1) is 23.5. The molecule has 0 aromatic heterocycles. The Balaban J connectivity index is 1.52. The Morgan fingerprint density at radius 3 is 2.41 bits per heavy atom. The van der Waals surface area contributed by atoms with Crippen LogP contribution in [0.2, 0.25) is 0 Å². The minimum Gasteiger partial charge on any atom is -0.488 e. The molecule has 5 nitrogen and oxygen atoms in total. The first-order valence-corrected chi connectivity index (χ1v) is 11.1. The van der Waals surface area contributed by atoms with E-state index in [0.29, 0.717) is 18.1 Å². The van der Waals surface area contributed by atoms with E-state index in [4.69, 9.17) is 9.47 Å². The molecule has 0 spiro atoms. The van der Waals surface area contributed by atoms with Crippen LogP contribution < -0.4 is 14.9 Å². The van der Waals surface area contributed by atoms with Gasteiger partial charge in [0, 0.05) is 5.56 Å². The minimum absolute atomic E-state index is 0.0360. The Morgan fingerprint density at radius 2 is 1.69 bits per heavy atom. The van der Waals surface area contributed by atoms with Crippen LogP contribution in [0.3, 0.4) is 0 Å². The van der Waals surface area contributed by atoms with Crippen LogP contribution in [0.5, 0.6) is 11.5 Å². The van der Waals surface area contributed by atoms with Gasteiger partial charge in [-0.2, -0.15) is 5.10 Å². The molecule has 0 saturated heterocycles. The molecule has 0 atom stereocenters. The molecule has 3 rings (SSSR count). The van der Waals surface area contributed by atoms with Crippen molar-refractivity contribution in [2.45, 2.75) is 32.8 Å². The highest BCUT2D eigenvalue weighted by atomic mass is 79.9.